The van der Waals surface area contributed by atoms with Gasteiger partial charge < -0.3 is 10.0 Å². The molecule has 0 unspecified atom stereocenters. The normalized spacial score (nSPS) is 23.6. The average molecular weight is 353 g/mol. The van der Waals surface area contributed by atoms with Gasteiger partial charge >= 0.3 is 0 Å². The van der Waals surface area contributed by atoms with E-state index in [1.54, 1.807) is 0 Å². The molecule has 2 aliphatic heterocycles. The monoisotopic (exact) mass is 352 g/mol. The van der Waals surface area contributed by atoms with E-state index in [0.717, 1.165) is 25.9 Å². The highest BCUT2D eigenvalue weighted by Gasteiger charge is 2.45. The number of likely N-dealkylation sites (tertiary alicyclic amines) is 2. The molecule has 0 aromatic carbocycles. The predicted octanol–water partition coefficient (Wildman–Crippen LogP) is 2.47. The molecule has 5 heteroatoms. The number of hydrogen-bond donors (Lipinski definition) is 1. The highest BCUT2D eigenvalue weighted by atomic mass is 16.3. The molecule has 0 spiro atoms. The highest BCUT2D eigenvalue weighted by Crippen LogP contribution is 2.33. The minimum absolute atomic E-state index is 0.0862. The van der Waals surface area contributed by atoms with E-state index >= 15 is 0 Å². The van der Waals surface area contributed by atoms with E-state index < -0.39 is 11.0 Å². The van der Waals surface area contributed by atoms with Crippen LogP contribution < -0.4 is 0 Å². The lowest BCUT2D eigenvalue weighted by atomic mass is 9.75. The van der Waals surface area contributed by atoms with Crippen molar-refractivity contribution in [3.8, 4) is 0 Å². The average Bonchev–Trinajstić information content (AvgIpc) is 2.52. The highest BCUT2D eigenvalue weighted by molar-refractivity contribution is 5.92. The molecular formula is C20H36N2O3. The van der Waals surface area contributed by atoms with Gasteiger partial charge in [-0.25, -0.2) is 0 Å². The van der Waals surface area contributed by atoms with Crippen molar-refractivity contribution in [2.45, 2.75) is 78.4 Å². The number of amides is 1. The number of aliphatic hydroxyl groups is 1. The third-order valence-electron chi connectivity index (χ3n) is 5.80. The van der Waals surface area contributed by atoms with Gasteiger partial charge in [-0.2, -0.15) is 0 Å². The SMILES string of the molecule is CC(C)(C)C(=O)C1(O)CCN(C(=O)C2CCN(C(C)(C)C)CC2)CC1. The van der Waals surface area contributed by atoms with Gasteiger partial charge in [-0.1, -0.05) is 20.8 Å². The third-order valence-corrected chi connectivity index (χ3v) is 5.80. The van der Waals surface area contributed by atoms with Crippen LogP contribution in [0.5, 0.6) is 0 Å². The second-order valence-corrected chi connectivity index (χ2v) is 9.87. The van der Waals surface area contributed by atoms with Gasteiger partial charge in [0, 0.05) is 42.8 Å². The number of carbonyl (C=O) groups is 2. The smallest absolute Gasteiger partial charge is 0.225 e. The third kappa shape index (κ3) is 4.62. The molecule has 2 aliphatic rings. The van der Waals surface area contributed by atoms with Crippen LogP contribution in [0.15, 0.2) is 0 Å². The number of Topliss-reactive ketones (excluding diaryl/α,β-unsaturated/α-hetero) is 1. The van der Waals surface area contributed by atoms with Gasteiger partial charge in [-0.15, -0.1) is 0 Å². The Morgan fingerprint density at radius 1 is 0.920 bits per heavy atom. The first-order valence-electron chi connectivity index (χ1n) is 9.66. The molecule has 1 N–H and O–H groups in total. The van der Waals surface area contributed by atoms with Crippen LogP contribution in [0.2, 0.25) is 0 Å². The van der Waals surface area contributed by atoms with E-state index in [1.165, 1.54) is 0 Å². The van der Waals surface area contributed by atoms with E-state index in [4.69, 9.17) is 0 Å². The van der Waals surface area contributed by atoms with Crippen LogP contribution in [0.25, 0.3) is 0 Å². The van der Waals surface area contributed by atoms with Crippen LogP contribution in [-0.2, 0) is 9.59 Å². The van der Waals surface area contributed by atoms with Crippen LogP contribution in [0.1, 0.15) is 67.2 Å². The maximum atomic E-state index is 12.8. The lowest BCUT2D eigenvalue weighted by molar-refractivity contribution is -0.155. The first-order chi connectivity index (χ1) is 11.3. The summed E-state index contributed by atoms with van der Waals surface area (Å²) in [6.45, 7) is 15.1. The second kappa shape index (κ2) is 6.99. The van der Waals surface area contributed by atoms with Crippen molar-refractivity contribution in [1.29, 1.82) is 0 Å². The molecule has 2 rings (SSSR count). The largest absolute Gasteiger partial charge is 0.382 e. The van der Waals surface area contributed by atoms with E-state index in [2.05, 4.69) is 25.7 Å². The van der Waals surface area contributed by atoms with E-state index in [-0.39, 0.29) is 23.1 Å². The Morgan fingerprint density at radius 2 is 1.40 bits per heavy atom. The number of hydrogen-bond acceptors (Lipinski definition) is 4. The lowest BCUT2D eigenvalue weighted by Gasteiger charge is -2.43. The molecule has 0 aliphatic carbocycles. The number of ketones is 1. The number of carbonyl (C=O) groups excluding carboxylic acids is 2. The van der Waals surface area contributed by atoms with Gasteiger partial charge in [0.1, 0.15) is 5.60 Å². The Bertz CT molecular complexity index is 500. The molecule has 0 saturated carbocycles. The molecule has 144 valence electrons. The Hall–Kier alpha value is -0.940. The molecular weight excluding hydrogens is 316 g/mol. The topological polar surface area (TPSA) is 60.9 Å². The van der Waals surface area contributed by atoms with Crippen molar-refractivity contribution in [2.75, 3.05) is 26.2 Å². The molecule has 2 heterocycles. The fraction of sp³-hybridized carbons (Fsp3) is 0.900. The maximum Gasteiger partial charge on any atom is 0.225 e. The molecule has 0 atom stereocenters. The zero-order valence-corrected chi connectivity index (χ0v) is 16.9. The lowest BCUT2D eigenvalue weighted by Crippen LogP contribution is -2.55. The Balaban J connectivity index is 1.89. The molecule has 5 nitrogen and oxygen atoms in total. The van der Waals surface area contributed by atoms with Gasteiger partial charge in [-0.3, -0.25) is 14.5 Å². The Morgan fingerprint density at radius 3 is 1.80 bits per heavy atom. The minimum atomic E-state index is -1.27. The summed E-state index contributed by atoms with van der Waals surface area (Å²) in [6.07, 6.45) is 2.51. The predicted molar refractivity (Wildman–Crippen MR) is 99.3 cm³/mol. The van der Waals surface area contributed by atoms with Crippen molar-refractivity contribution in [3.63, 3.8) is 0 Å². The van der Waals surface area contributed by atoms with Crippen LogP contribution in [0, 0.1) is 11.3 Å². The Labute approximate surface area is 152 Å². The first kappa shape index (κ1) is 20.4. The molecule has 0 aromatic rings. The Kier molecular flexibility index (Phi) is 5.70. The fourth-order valence-electron chi connectivity index (χ4n) is 4.08. The zero-order valence-electron chi connectivity index (χ0n) is 16.9. The second-order valence-electron chi connectivity index (χ2n) is 9.87. The molecule has 0 bridgehead atoms. The van der Waals surface area contributed by atoms with Gasteiger partial charge in [0.25, 0.3) is 0 Å². The van der Waals surface area contributed by atoms with E-state index in [0.29, 0.717) is 25.9 Å². The molecule has 2 fully saturated rings. The van der Waals surface area contributed by atoms with Gasteiger partial charge in [0.05, 0.1) is 0 Å². The van der Waals surface area contributed by atoms with E-state index in [1.807, 2.05) is 25.7 Å². The van der Waals surface area contributed by atoms with Gasteiger partial charge in [0.2, 0.25) is 5.91 Å². The quantitative estimate of drug-likeness (QED) is 0.829. The summed E-state index contributed by atoms with van der Waals surface area (Å²) in [5.41, 5.74) is -1.67. The summed E-state index contributed by atoms with van der Waals surface area (Å²) < 4.78 is 0. The summed E-state index contributed by atoms with van der Waals surface area (Å²) in [5.74, 6) is 0.188. The zero-order chi connectivity index (χ0) is 19.0. The maximum absolute atomic E-state index is 12.8. The van der Waals surface area contributed by atoms with Crippen LogP contribution in [0.3, 0.4) is 0 Å². The fourth-order valence-corrected chi connectivity index (χ4v) is 4.08. The summed E-state index contributed by atoms with van der Waals surface area (Å²) in [5, 5.41) is 10.7. The van der Waals surface area contributed by atoms with E-state index in [9.17, 15) is 14.7 Å². The van der Waals surface area contributed by atoms with Gasteiger partial charge in [-0.05, 0) is 46.7 Å². The van der Waals surface area contributed by atoms with Crippen molar-refractivity contribution in [2.24, 2.45) is 11.3 Å². The number of nitrogens with zero attached hydrogens (tertiary/aromatic N) is 2. The summed E-state index contributed by atoms with van der Waals surface area (Å²) in [6, 6.07) is 0. The van der Waals surface area contributed by atoms with Crippen LogP contribution in [-0.4, -0.2) is 63.9 Å². The van der Waals surface area contributed by atoms with Crippen molar-refractivity contribution in [3.05, 3.63) is 0 Å². The molecule has 2 saturated heterocycles. The molecule has 25 heavy (non-hydrogen) atoms. The molecule has 0 aromatic heterocycles. The standard InChI is InChI=1S/C20H36N2O3/c1-18(2,3)17(24)20(25)9-13-21(14-10-20)16(23)15-7-11-22(12-8-15)19(4,5)6/h15,25H,7-14H2,1-6H3. The molecule has 1 amide bonds. The molecule has 0 radical (unpaired) electrons. The number of rotatable bonds is 2. The van der Waals surface area contributed by atoms with Crippen molar-refractivity contribution in [1.82, 2.24) is 9.80 Å². The van der Waals surface area contributed by atoms with Crippen molar-refractivity contribution < 1.29 is 14.7 Å². The van der Waals surface area contributed by atoms with Crippen LogP contribution in [0.4, 0.5) is 0 Å². The van der Waals surface area contributed by atoms with Crippen LogP contribution >= 0.6 is 0 Å². The first-order valence-corrected chi connectivity index (χ1v) is 9.66. The van der Waals surface area contributed by atoms with Crippen molar-refractivity contribution >= 4 is 11.7 Å². The summed E-state index contributed by atoms with van der Waals surface area (Å²) in [4.78, 5) is 29.6. The minimum Gasteiger partial charge on any atom is -0.382 e. The summed E-state index contributed by atoms with van der Waals surface area (Å²) >= 11 is 0. The van der Waals surface area contributed by atoms with Gasteiger partial charge in [0.15, 0.2) is 5.78 Å². The summed E-state index contributed by atoms with van der Waals surface area (Å²) in [7, 11) is 0. The number of piperidine rings is 2.